The zero-order valence-corrected chi connectivity index (χ0v) is 17.7. The Morgan fingerprint density at radius 2 is 1.82 bits per heavy atom. The number of tetrazole rings is 1. The molecule has 1 N–H and O–H groups in total. The standard InChI is InChI=1S/C26H20N6O/c1-2-4-25-19(3-1)7-8-21(29-25)16-33-23-10-5-18(6-11-23)13-20-15-27-26-14-22(9-12-24(20)26)32-17-28-30-31-32/h1-12,14-15,17,27H,13,16H2. The first-order valence-electron chi connectivity index (χ1n) is 10.7. The van der Waals surface area contributed by atoms with E-state index in [9.17, 15) is 0 Å². The third-order valence-corrected chi connectivity index (χ3v) is 5.73. The van der Waals surface area contributed by atoms with E-state index >= 15 is 0 Å². The Bertz CT molecular complexity index is 1540. The summed E-state index contributed by atoms with van der Waals surface area (Å²) in [6.45, 7) is 0.441. The number of hydrogen-bond donors (Lipinski definition) is 1. The predicted octanol–water partition coefficient (Wildman–Crippen LogP) is 4.86. The normalized spacial score (nSPS) is 11.3. The smallest absolute Gasteiger partial charge is 0.143 e. The lowest BCUT2D eigenvalue weighted by molar-refractivity contribution is 0.301. The first-order valence-corrected chi connectivity index (χ1v) is 10.7. The summed E-state index contributed by atoms with van der Waals surface area (Å²) in [6.07, 6.45) is 4.48. The molecule has 0 saturated carbocycles. The fraction of sp³-hybridized carbons (Fsp3) is 0.0769. The van der Waals surface area contributed by atoms with Gasteiger partial charge in [0, 0.05) is 22.5 Å². The summed E-state index contributed by atoms with van der Waals surface area (Å²) in [5, 5.41) is 13.7. The summed E-state index contributed by atoms with van der Waals surface area (Å²) >= 11 is 0. The number of benzene rings is 3. The van der Waals surface area contributed by atoms with Gasteiger partial charge in [-0.2, -0.15) is 0 Å². The predicted molar refractivity (Wildman–Crippen MR) is 126 cm³/mol. The van der Waals surface area contributed by atoms with Crippen molar-refractivity contribution in [1.29, 1.82) is 0 Å². The summed E-state index contributed by atoms with van der Waals surface area (Å²) in [5.41, 5.74) is 6.33. The number of nitrogens with one attached hydrogen (secondary N) is 1. The second kappa shape index (κ2) is 8.20. The van der Waals surface area contributed by atoms with Gasteiger partial charge >= 0.3 is 0 Å². The lowest BCUT2D eigenvalue weighted by Crippen LogP contribution is -1.98. The van der Waals surface area contributed by atoms with Gasteiger partial charge in [-0.15, -0.1) is 5.10 Å². The van der Waals surface area contributed by atoms with Crippen molar-refractivity contribution in [3.8, 4) is 11.4 Å². The average Bonchev–Trinajstić information content (AvgIpc) is 3.54. The second-order valence-corrected chi connectivity index (χ2v) is 7.90. The van der Waals surface area contributed by atoms with Crippen molar-refractivity contribution >= 4 is 21.8 Å². The first kappa shape index (κ1) is 19.2. The van der Waals surface area contributed by atoms with Gasteiger partial charge in [-0.25, -0.2) is 9.67 Å². The third kappa shape index (κ3) is 3.92. The molecule has 0 aliphatic heterocycles. The quantitative estimate of drug-likeness (QED) is 0.406. The molecule has 6 aromatic rings. The number of rotatable bonds is 6. The Balaban J connectivity index is 1.14. The number of nitrogens with zero attached hydrogens (tertiary/aromatic N) is 5. The van der Waals surface area contributed by atoms with Crippen LogP contribution < -0.4 is 4.74 Å². The summed E-state index contributed by atoms with van der Waals surface area (Å²) in [7, 11) is 0. The molecule has 0 aliphatic rings. The molecule has 0 unspecified atom stereocenters. The molecule has 0 atom stereocenters. The van der Waals surface area contributed by atoms with E-state index in [0.29, 0.717) is 6.61 Å². The van der Waals surface area contributed by atoms with Crippen LogP contribution in [-0.4, -0.2) is 30.2 Å². The van der Waals surface area contributed by atoms with Gasteiger partial charge in [0.25, 0.3) is 0 Å². The maximum absolute atomic E-state index is 5.96. The van der Waals surface area contributed by atoms with Crippen LogP contribution in [0.1, 0.15) is 16.8 Å². The van der Waals surface area contributed by atoms with Gasteiger partial charge in [-0.1, -0.05) is 42.5 Å². The Labute approximate surface area is 189 Å². The van der Waals surface area contributed by atoms with E-state index < -0.39 is 0 Å². The van der Waals surface area contributed by atoms with Crippen LogP contribution >= 0.6 is 0 Å². The highest BCUT2D eigenvalue weighted by Crippen LogP contribution is 2.24. The van der Waals surface area contributed by atoms with Crippen LogP contribution in [0.4, 0.5) is 0 Å². The maximum Gasteiger partial charge on any atom is 0.143 e. The Hall–Kier alpha value is -4.52. The van der Waals surface area contributed by atoms with E-state index in [-0.39, 0.29) is 0 Å². The molecule has 160 valence electrons. The topological polar surface area (TPSA) is 81.5 Å². The maximum atomic E-state index is 5.96. The second-order valence-electron chi connectivity index (χ2n) is 7.90. The summed E-state index contributed by atoms with van der Waals surface area (Å²) < 4.78 is 7.61. The minimum atomic E-state index is 0.441. The van der Waals surface area contributed by atoms with Gasteiger partial charge < -0.3 is 9.72 Å². The van der Waals surface area contributed by atoms with Gasteiger partial charge in [0.05, 0.1) is 16.9 Å². The fourth-order valence-corrected chi connectivity index (χ4v) is 4.01. The van der Waals surface area contributed by atoms with Crippen molar-refractivity contribution in [1.82, 2.24) is 30.2 Å². The number of hydrogen-bond acceptors (Lipinski definition) is 5. The molecule has 0 amide bonds. The molecule has 7 heteroatoms. The van der Waals surface area contributed by atoms with Crippen molar-refractivity contribution in [3.63, 3.8) is 0 Å². The zero-order chi connectivity index (χ0) is 22.0. The number of pyridine rings is 1. The van der Waals surface area contributed by atoms with Crippen LogP contribution in [0.15, 0.2) is 91.4 Å². The van der Waals surface area contributed by atoms with Crippen LogP contribution in [0.5, 0.6) is 5.75 Å². The Morgan fingerprint density at radius 3 is 2.70 bits per heavy atom. The molecule has 6 rings (SSSR count). The molecular formula is C26H20N6O. The Kier molecular flexibility index (Phi) is 4.77. The number of para-hydroxylation sites is 1. The minimum Gasteiger partial charge on any atom is -0.487 e. The summed E-state index contributed by atoms with van der Waals surface area (Å²) in [5.74, 6) is 0.832. The van der Waals surface area contributed by atoms with Gasteiger partial charge in [-0.05, 0) is 64.4 Å². The highest BCUT2D eigenvalue weighted by molar-refractivity contribution is 5.85. The fourth-order valence-electron chi connectivity index (χ4n) is 4.01. The monoisotopic (exact) mass is 432 g/mol. The molecule has 0 aliphatic carbocycles. The van der Waals surface area contributed by atoms with Crippen molar-refractivity contribution in [2.75, 3.05) is 0 Å². The zero-order valence-electron chi connectivity index (χ0n) is 17.7. The van der Waals surface area contributed by atoms with E-state index in [2.05, 4.69) is 62.0 Å². The molecule has 0 bridgehead atoms. The van der Waals surface area contributed by atoms with E-state index in [0.717, 1.165) is 40.0 Å². The lowest BCUT2D eigenvalue weighted by atomic mass is 10.0. The summed E-state index contributed by atoms with van der Waals surface area (Å²) in [4.78, 5) is 8.03. The van der Waals surface area contributed by atoms with Crippen molar-refractivity contribution in [2.24, 2.45) is 0 Å². The number of aromatic nitrogens is 6. The molecule has 3 aromatic heterocycles. The number of ether oxygens (including phenoxy) is 1. The molecule has 3 heterocycles. The molecule has 7 nitrogen and oxygen atoms in total. The van der Waals surface area contributed by atoms with Crippen molar-refractivity contribution in [3.05, 3.63) is 108 Å². The molecule has 3 aromatic carbocycles. The highest BCUT2D eigenvalue weighted by atomic mass is 16.5. The molecule has 0 fully saturated rings. The summed E-state index contributed by atoms with van der Waals surface area (Å²) in [6, 6.07) is 26.6. The van der Waals surface area contributed by atoms with Crippen LogP contribution in [0.25, 0.3) is 27.5 Å². The van der Waals surface area contributed by atoms with Crippen molar-refractivity contribution in [2.45, 2.75) is 13.0 Å². The van der Waals surface area contributed by atoms with E-state index in [4.69, 9.17) is 4.74 Å². The number of aromatic amines is 1. The van der Waals surface area contributed by atoms with E-state index in [1.54, 1.807) is 11.0 Å². The largest absolute Gasteiger partial charge is 0.487 e. The Morgan fingerprint density at radius 1 is 0.909 bits per heavy atom. The van der Waals surface area contributed by atoms with Crippen LogP contribution in [0, 0.1) is 0 Å². The van der Waals surface area contributed by atoms with Crippen LogP contribution in [0.3, 0.4) is 0 Å². The first-order chi connectivity index (χ1) is 16.3. The van der Waals surface area contributed by atoms with E-state index in [1.165, 1.54) is 16.5 Å². The molecule has 0 saturated heterocycles. The van der Waals surface area contributed by atoms with Gasteiger partial charge in [-0.3, -0.25) is 0 Å². The van der Waals surface area contributed by atoms with Crippen LogP contribution in [0.2, 0.25) is 0 Å². The number of H-pyrrole nitrogens is 1. The third-order valence-electron chi connectivity index (χ3n) is 5.73. The minimum absolute atomic E-state index is 0.441. The van der Waals surface area contributed by atoms with Gasteiger partial charge in [0.2, 0.25) is 0 Å². The molecule has 0 radical (unpaired) electrons. The number of fused-ring (bicyclic) bond motifs is 2. The van der Waals surface area contributed by atoms with Gasteiger partial charge in [0.1, 0.15) is 18.7 Å². The van der Waals surface area contributed by atoms with Crippen LogP contribution in [-0.2, 0) is 13.0 Å². The molecule has 33 heavy (non-hydrogen) atoms. The average molecular weight is 432 g/mol. The molecular weight excluding hydrogens is 412 g/mol. The SMILES string of the molecule is c1ccc2nc(COc3ccc(Cc4c[nH]c5cc(-n6cnnn6)ccc45)cc3)ccc2c1. The van der Waals surface area contributed by atoms with Gasteiger partial charge in [0.15, 0.2) is 0 Å². The van der Waals surface area contributed by atoms with E-state index in [1.807, 2.05) is 48.5 Å². The molecule has 0 spiro atoms. The highest BCUT2D eigenvalue weighted by Gasteiger charge is 2.08. The van der Waals surface area contributed by atoms with Crippen molar-refractivity contribution < 1.29 is 4.74 Å². The lowest BCUT2D eigenvalue weighted by Gasteiger charge is -2.08.